The number of allylic oxidation sites excluding steroid dienone is 8. The van der Waals surface area contributed by atoms with Crippen LogP contribution in [0.4, 0.5) is 11.4 Å². The summed E-state index contributed by atoms with van der Waals surface area (Å²) in [5, 5.41) is 0.0274. The summed E-state index contributed by atoms with van der Waals surface area (Å²) in [5.74, 6) is -0.372. The van der Waals surface area contributed by atoms with Gasteiger partial charge in [0.15, 0.2) is 12.3 Å². The van der Waals surface area contributed by atoms with Gasteiger partial charge in [-0.3, -0.25) is 9.12 Å². The standard InChI is InChI=1S/C40H45N2O6PS/c1-7-41-34-20-18-31(49(43,44)45)26-33(34)40(5,6)36(41)21-16-29-14-15-30(38(29)28-11-9-8-10-12-28)17-22-37-39(3,4)32-25-27(2)13-19-35(32)42(37)23-24-50(46,47)48/h8-13,16-22,25-26H,7,14-15,23-24H2,1-6H3,(H2-,43,44,45,46,47,48)/p+1. The Morgan fingerprint density at radius 1 is 0.900 bits per heavy atom. The van der Waals surface area contributed by atoms with Crippen LogP contribution in [0.5, 0.6) is 0 Å². The lowest BCUT2D eigenvalue weighted by Crippen LogP contribution is -2.29. The molecule has 0 unspecified atom stereocenters. The lowest BCUT2D eigenvalue weighted by atomic mass is 9.80. The van der Waals surface area contributed by atoms with Gasteiger partial charge in [-0.05, 0) is 98.7 Å². The summed E-state index contributed by atoms with van der Waals surface area (Å²) in [6.07, 6.45) is 10.3. The molecule has 2 aliphatic heterocycles. The van der Waals surface area contributed by atoms with E-state index in [9.17, 15) is 27.3 Å². The van der Waals surface area contributed by atoms with Crippen LogP contribution >= 0.6 is 7.60 Å². The van der Waals surface area contributed by atoms with E-state index in [0.717, 1.165) is 63.5 Å². The fourth-order valence-electron chi connectivity index (χ4n) is 7.82. The summed E-state index contributed by atoms with van der Waals surface area (Å²) >= 11 is 0. The van der Waals surface area contributed by atoms with Gasteiger partial charge in [0.1, 0.15) is 5.75 Å². The molecule has 10 heteroatoms. The first-order valence-corrected chi connectivity index (χ1v) is 20.2. The topological polar surface area (TPSA) is 118 Å². The number of hydrogen-bond acceptors (Lipinski definition) is 4. The third-order valence-corrected chi connectivity index (χ3v) is 12.1. The highest BCUT2D eigenvalue weighted by Gasteiger charge is 2.45. The Kier molecular flexibility index (Phi) is 9.38. The first-order valence-electron chi connectivity index (χ1n) is 17.0. The molecule has 0 saturated heterocycles. The van der Waals surface area contributed by atoms with Crippen molar-refractivity contribution in [2.24, 2.45) is 0 Å². The molecule has 0 radical (unpaired) electrons. The van der Waals surface area contributed by atoms with E-state index in [1.807, 2.05) is 41.0 Å². The Hall–Kier alpha value is -3.85. The van der Waals surface area contributed by atoms with Gasteiger partial charge in [0.05, 0.1) is 10.7 Å². The van der Waals surface area contributed by atoms with Gasteiger partial charge in [-0.1, -0.05) is 68.0 Å². The quantitative estimate of drug-likeness (QED) is 0.120. The lowest BCUT2D eigenvalue weighted by molar-refractivity contribution is -0.432. The van der Waals surface area contributed by atoms with Gasteiger partial charge >= 0.3 is 7.60 Å². The molecular formula is C40H46N2O6PS+. The molecule has 0 spiro atoms. The molecular weight excluding hydrogens is 667 g/mol. The molecule has 3 aliphatic rings. The van der Waals surface area contributed by atoms with Crippen molar-refractivity contribution in [1.82, 2.24) is 0 Å². The Morgan fingerprint density at radius 3 is 2.28 bits per heavy atom. The Balaban J connectivity index is 1.44. The number of fused-ring (bicyclic) bond motifs is 2. The molecule has 6 rings (SSSR count). The average Bonchev–Trinajstić information content (AvgIpc) is 3.62. The van der Waals surface area contributed by atoms with Crippen molar-refractivity contribution >= 4 is 45.7 Å². The van der Waals surface area contributed by atoms with E-state index >= 15 is 0 Å². The lowest BCUT2D eigenvalue weighted by Gasteiger charge is -2.26. The van der Waals surface area contributed by atoms with Crippen molar-refractivity contribution in [3.8, 4) is 0 Å². The van der Waals surface area contributed by atoms with Crippen LogP contribution in [-0.4, -0.2) is 51.9 Å². The van der Waals surface area contributed by atoms with Crippen LogP contribution in [-0.2, 0) is 25.5 Å². The molecule has 0 fully saturated rings. The number of hydrogen-bond donors (Lipinski definition) is 3. The van der Waals surface area contributed by atoms with Gasteiger partial charge in [-0.25, -0.2) is 0 Å². The van der Waals surface area contributed by atoms with E-state index < -0.39 is 28.5 Å². The van der Waals surface area contributed by atoms with E-state index in [4.69, 9.17) is 0 Å². The first-order chi connectivity index (χ1) is 23.4. The third kappa shape index (κ3) is 6.65. The monoisotopic (exact) mass is 713 g/mol. The van der Waals surface area contributed by atoms with Crippen molar-refractivity contribution in [3.05, 3.63) is 130 Å². The molecule has 0 amide bonds. The molecule has 0 atom stereocenters. The Morgan fingerprint density at radius 2 is 1.62 bits per heavy atom. The van der Waals surface area contributed by atoms with Crippen molar-refractivity contribution in [2.45, 2.75) is 65.2 Å². The predicted molar refractivity (Wildman–Crippen MR) is 202 cm³/mol. The maximum atomic E-state index is 12.1. The third-order valence-electron chi connectivity index (χ3n) is 10.4. The summed E-state index contributed by atoms with van der Waals surface area (Å²) in [6.45, 7) is 13.5. The van der Waals surface area contributed by atoms with Gasteiger partial charge in [-0.2, -0.15) is 13.0 Å². The molecule has 0 bridgehead atoms. The second-order valence-electron chi connectivity index (χ2n) is 14.4. The zero-order valence-electron chi connectivity index (χ0n) is 29.5. The summed E-state index contributed by atoms with van der Waals surface area (Å²) in [6, 6.07) is 21.5. The van der Waals surface area contributed by atoms with Crippen molar-refractivity contribution in [2.75, 3.05) is 23.7 Å². The smallest absolute Gasteiger partial charge is 0.344 e. The normalized spacial score (nSPS) is 20.1. The van der Waals surface area contributed by atoms with Crippen LogP contribution in [0, 0.1) is 6.92 Å². The molecule has 3 N–H and O–H groups in total. The van der Waals surface area contributed by atoms with Gasteiger partial charge in [-0.15, -0.1) is 0 Å². The van der Waals surface area contributed by atoms with Gasteiger partial charge in [0, 0.05) is 41.1 Å². The van der Waals surface area contributed by atoms with Gasteiger partial charge in [0.25, 0.3) is 10.1 Å². The number of aryl methyl sites for hydroxylation is 1. The highest BCUT2D eigenvalue weighted by Crippen LogP contribution is 2.49. The van der Waals surface area contributed by atoms with Crippen LogP contribution in [0.2, 0.25) is 0 Å². The number of likely N-dealkylation sites (N-methyl/N-ethyl adjacent to an activating group) is 1. The second kappa shape index (κ2) is 13.0. The summed E-state index contributed by atoms with van der Waals surface area (Å²) in [7, 11) is -8.56. The maximum Gasteiger partial charge on any atom is 0.356 e. The highest BCUT2D eigenvalue weighted by molar-refractivity contribution is 7.85. The van der Waals surface area contributed by atoms with E-state index in [-0.39, 0.29) is 17.6 Å². The van der Waals surface area contributed by atoms with Crippen molar-refractivity contribution in [1.29, 1.82) is 0 Å². The summed E-state index contributed by atoms with van der Waals surface area (Å²) < 4.78 is 47.4. The predicted octanol–water partition coefficient (Wildman–Crippen LogP) is 7.49. The minimum absolute atomic E-state index is 0.0274. The fraction of sp³-hybridized carbons (Fsp3) is 0.325. The largest absolute Gasteiger partial charge is 0.356 e. The number of anilines is 1. The number of benzene rings is 3. The zero-order valence-corrected chi connectivity index (χ0v) is 31.2. The summed E-state index contributed by atoms with van der Waals surface area (Å²) in [4.78, 5) is 22.0. The van der Waals surface area contributed by atoms with Crippen LogP contribution in [0.25, 0.3) is 5.57 Å². The zero-order chi connectivity index (χ0) is 36.2. The van der Waals surface area contributed by atoms with Gasteiger partial charge in [0.2, 0.25) is 5.69 Å². The first kappa shape index (κ1) is 36.0. The van der Waals surface area contributed by atoms with E-state index in [1.165, 1.54) is 17.2 Å². The van der Waals surface area contributed by atoms with Crippen molar-refractivity contribution in [3.63, 3.8) is 0 Å². The Bertz CT molecular complexity index is 2190. The van der Waals surface area contributed by atoms with Crippen LogP contribution in [0.3, 0.4) is 0 Å². The van der Waals surface area contributed by atoms with E-state index in [1.54, 1.807) is 6.07 Å². The highest BCUT2D eigenvalue weighted by atomic mass is 32.2. The number of rotatable bonds is 9. The average molecular weight is 714 g/mol. The van der Waals surface area contributed by atoms with Gasteiger partial charge < -0.3 is 14.7 Å². The van der Waals surface area contributed by atoms with E-state index in [0.29, 0.717) is 6.54 Å². The molecule has 0 aromatic heterocycles. The molecule has 262 valence electrons. The molecule has 50 heavy (non-hydrogen) atoms. The molecule has 0 saturated carbocycles. The van der Waals surface area contributed by atoms with E-state index in [2.05, 4.69) is 88.9 Å². The summed E-state index contributed by atoms with van der Waals surface area (Å²) in [5.41, 5.74) is 10.9. The fourth-order valence-corrected chi connectivity index (χ4v) is 8.80. The minimum Gasteiger partial charge on any atom is -0.344 e. The molecule has 1 aliphatic carbocycles. The Labute approximate surface area is 295 Å². The maximum absolute atomic E-state index is 12.1. The molecule has 8 nitrogen and oxygen atoms in total. The van der Waals surface area contributed by atoms with Crippen LogP contribution < -0.4 is 10.2 Å². The van der Waals surface area contributed by atoms with Crippen LogP contribution in [0.1, 0.15) is 69.7 Å². The van der Waals surface area contributed by atoms with Crippen LogP contribution in [0.15, 0.2) is 108 Å². The molecule has 3 aromatic rings. The molecule has 3 aromatic carbocycles. The SMILES string of the molecule is CCN1/C(=C/C=C2\CCC(/C=C/C3=[N+](CCS(=O)(=O)O)c4ccc(C)cc4C3(C)C)=C2c2ccccc2)C(C)(C)c2cc(P(=O)(O)O)ccc21. The molecule has 2 heterocycles. The minimum atomic E-state index is -4.40. The van der Waals surface area contributed by atoms with Crippen molar-refractivity contribution < 1.29 is 31.9 Å². The number of nitrogens with zero attached hydrogens (tertiary/aromatic N) is 2. The second-order valence-corrected chi connectivity index (χ2v) is 17.6.